The van der Waals surface area contributed by atoms with Crippen molar-refractivity contribution in [2.75, 3.05) is 6.61 Å². The molecule has 0 spiro atoms. The Morgan fingerprint density at radius 1 is 1.26 bits per heavy atom. The lowest BCUT2D eigenvalue weighted by Crippen LogP contribution is -2.31. The molecule has 0 saturated heterocycles. The molecule has 5 heteroatoms. The Morgan fingerprint density at radius 3 is 2.63 bits per heavy atom. The molecule has 98 valence electrons. The monoisotopic (exact) mass is 258 g/mol. The van der Waals surface area contributed by atoms with Gasteiger partial charge in [-0.2, -0.15) is 0 Å². The van der Waals surface area contributed by atoms with E-state index in [-0.39, 0.29) is 17.7 Å². The number of hydrogen-bond acceptors (Lipinski definition) is 3. The summed E-state index contributed by atoms with van der Waals surface area (Å²) in [7, 11) is 0. The zero-order valence-corrected chi connectivity index (χ0v) is 10.2. The number of aliphatic hydroxyl groups is 1. The maximum absolute atomic E-state index is 12.0. The Morgan fingerprint density at radius 2 is 2.00 bits per heavy atom. The fraction of sp³-hybridized carbons (Fsp3) is 0.143. The van der Waals surface area contributed by atoms with Gasteiger partial charge in [0.2, 0.25) is 5.56 Å². The molecule has 1 amide bonds. The molecule has 1 atom stereocenters. The number of hydrogen-bond donors (Lipinski definition) is 3. The van der Waals surface area contributed by atoms with Crippen LogP contribution < -0.4 is 10.9 Å². The molecule has 0 bridgehead atoms. The van der Waals surface area contributed by atoms with E-state index in [0.29, 0.717) is 0 Å². The number of carbonyl (C=O) groups excluding carboxylic acids is 1. The van der Waals surface area contributed by atoms with Crippen LogP contribution in [0.25, 0.3) is 0 Å². The fourth-order valence-electron chi connectivity index (χ4n) is 1.75. The van der Waals surface area contributed by atoms with Gasteiger partial charge in [0.05, 0.1) is 12.6 Å². The van der Waals surface area contributed by atoms with Crippen LogP contribution >= 0.6 is 0 Å². The summed E-state index contributed by atoms with van der Waals surface area (Å²) in [6.45, 7) is -0.209. The minimum atomic E-state index is -0.493. The van der Waals surface area contributed by atoms with Crippen molar-refractivity contribution in [3.8, 4) is 0 Å². The standard InChI is InChI=1S/C14H14N2O3/c17-9-12(10-4-2-1-3-5-10)16-14(19)11-6-7-15-13(18)8-11/h1-8,12,17H,9H2,(H,15,18)(H,16,19). The van der Waals surface area contributed by atoms with Crippen molar-refractivity contribution in [1.82, 2.24) is 10.3 Å². The van der Waals surface area contributed by atoms with E-state index in [1.165, 1.54) is 18.3 Å². The summed E-state index contributed by atoms with van der Waals surface area (Å²) in [6, 6.07) is 11.4. The van der Waals surface area contributed by atoms with Crippen LogP contribution in [0.5, 0.6) is 0 Å². The van der Waals surface area contributed by atoms with E-state index >= 15 is 0 Å². The van der Waals surface area contributed by atoms with Crippen molar-refractivity contribution in [2.45, 2.75) is 6.04 Å². The van der Waals surface area contributed by atoms with E-state index in [4.69, 9.17) is 0 Å². The highest BCUT2D eigenvalue weighted by molar-refractivity contribution is 5.94. The van der Waals surface area contributed by atoms with Crippen LogP contribution in [0.2, 0.25) is 0 Å². The third kappa shape index (κ3) is 3.29. The van der Waals surface area contributed by atoms with Gasteiger partial charge < -0.3 is 15.4 Å². The molecule has 1 heterocycles. The third-order valence-corrected chi connectivity index (χ3v) is 2.73. The quantitative estimate of drug-likeness (QED) is 0.760. The van der Waals surface area contributed by atoms with Crippen molar-refractivity contribution < 1.29 is 9.90 Å². The molecule has 1 aromatic heterocycles. The lowest BCUT2D eigenvalue weighted by atomic mass is 10.1. The number of H-pyrrole nitrogens is 1. The van der Waals surface area contributed by atoms with Gasteiger partial charge in [0.25, 0.3) is 5.91 Å². The molecule has 1 aromatic carbocycles. The number of nitrogens with one attached hydrogen (secondary N) is 2. The predicted octanol–water partition coefficient (Wildman–Crippen LogP) is 0.838. The first-order valence-electron chi connectivity index (χ1n) is 5.86. The molecule has 19 heavy (non-hydrogen) atoms. The second-order valence-corrected chi connectivity index (χ2v) is 4.06. The van der Waals surface area contributed by atoms with Gasteiger partial charge in [-0.1, -0.05) is 30.3 Å². The van der Waals surface area contributed by atoms with Crippen LogP contribution in [-0.2, 0) is 0 Å². The van der Waals surface area contributed by atoms with Crippen LogP contribution in [0.4, 0.5) is 0 Å². The number of aliphatic hydroxyl groups excluding tert-OH is 1. The van der Waals surface area contributed by atoms with Gasteiger partial charge in [0, 0.05) is 17.8 Å². The largest absolute Gasteiger partial charge is 0.394 e. The maximum atomic E-state index is 12.0. The van der Waals surface area contributed by atoms with E-state index < -0.39 is 11.9 Å². The number of aromatic nitrogens is 1. The van der Waals surface area contributed by atoms with Crippen LogP contribution in [0.15, 0.2) is 53.5 Å². The molecular weight excluding hydrogens is 244 g/mol. The molecule has 1 unspecified atom stereocenters. The van der Waals surface area contributed by atoms with Crippen LogP contribution in [0.3, 0.4) is 0 Å². The number of rotatable bonds is 4. The van der Waals surface area contributed by atoms with Crippen molar-refractivity contribution in [2.24, 2.45) is 0 Å². The van der Waals surface area contributed by atoms with Gasteiger partial charge in [0.1, 0.15) is 0 Å². The number of carbonyl (C=O) groups is 1. The van der Waals surface area contributed by atoms with Crippen molar-refractivity contribution in [1.29, 1.82) is 0 Å². The van der Waals surface area contributed by atoms with Gasteiger partial charge in [-0.25, -0.2) is 0 Å². The van der Waals surface area contributed by atoms with Crippen molar-refractivity contribution in [3.05, 3.63) is 70.1 Å². The highest BCUT2D eigenvalue weighted by Crippen LogP contribution is 2.12. The summed E-state index contributed by atoms with van der Waals surface area (Å²) in [5.41, 5.74) is 0.731. The van der Waals surface area contributed by atoms with Crippen molar-refractivity contribution in [3.63, 3.8) is 0 Å². The summed E-state index contributed by atoms with van der Waals surface area (Å²) in [4.78, 5) is 25.5. The van der Waals surface area contributed by atoms with Crippen LogP contribution in [0, 0.1) is 0 Å². The Hall–Kier alpha value is -2.40. The fourth-order valence-corrected chi connectivity index (χ4v) is 1.75. The zero-order valence-electron chi connectivity index (χ0n) is 10.2. The van der Waals surface area contributed by atoms with Gasteiger partial charge in [-0.15, -0.1) is 0 Å². The molecule has 5 nitrogen and oxygen atoms in total. The second kappa shape index (κ2) is 5.97. The minimum Gasteiger partial charge on any atom is -0.394 e. The average molecular weight is 258 g/mol. The molecule has 0 aliphatic rings. The zero-order chi connectivity index (χ0) is 13.7. The highest BCUT2D eigenvalue weighted by Gasteiger charge is 2.14. The molecule has 3 N–H and O–H groups in total. The SMILES string of the molecule is O=C(NC(CO)c1ccccc1)c1cc[nH]c(=O)c1. The first kappa shape index (κ1) is 13.0. The summed E-state index contributed by atoms with van der Waals surface area (Å²) >= 11 is 0. The molecule has 2 rings (SSSR count). The first-order valence-corrected chi connectivity index (χ1v) is 5.86. The molecule has 0 fully saturated rings. The Balaban J connectivity index is 2.15. The Kier molecular flexibility index (Phi) is 4.10. The smallest absolute Gasteiger partial charge is 0.252 e. The lowest BCUT2D eigenvalue weighted by Gasteiger charge is -2.16. The Labute approximate surface area is 109 Å². The van der Waals surface area contributed by atoms with E-state index in [1.807, 2.05) is 30.3 Å². The summed E-state index contributed by atoms with van der Waals surface area (Å²) < 4.78 is 0. The lowest BCUT2D eigenvalue weighted by molar-refractivity contribution is 0.0916. The molecule has 2 aromatic rings. The molecule has 0 saturated carbocycles. The average Bonchev–Trinajstić information content (AvgIpc) is 2.45. The summed E-state index contributed by atoms with van der Waals surface area (Å²) in [6.07, 6.45) is 1.41. The van der Waals surface area contributed by atoms with Crippen LogP contribution in [0.1, 0.15) is 22.0 Å². The van der Waals surface area contributed by atoms with Gasteiger partial charge >= 0.3 is 0 Å². The van der Waals surface area contributed by atoms with E-state index in [1.54, 1.807) is 0 Å². The topological polar surface area (TPSA) is 82.2 Å². The molecule has 0 aliphatic heterocycles. The van der Waals surface area contributed by atoms with Gasteiger partial charge in [0.15, 0.2) is 0 Å². The normalized spacial score (nSPS) is 11.8. The van der Waals surface area contributed by atoms with E-state index in [2.05, 4.69) is 10.3 Å². The number of amides is 1. The predicted molar refractivity (Wildman–Crippen MR) is 70.8 cm³/mol. The minimum absolute atomic E-state index is 0.209. The third-order valence-electron chi connectivity index (χ3n) is 2.73. The summed E-state index contributed by atoms with van der Waals surface area (Å²) in [5, 5.41) is 12.0. The van der Waals surface area contributed by atoms with Gasteiger partial charge in [-0.05, 0) is 11.6 Å². The van der Waals surface area contributed by atoms with Crippen molar-refractivity contribution >= 4 is 5.91 Å². The Bertz CT molecular complexity index is 607. The molecular formula is C14H14N2O3. The van der Waals surface area contributed by atoms with E-state index in [0.717, 1.165) is 5.56 Å². The maximum Gasteiger partial charge on any atom is 0.252 e. The molecule has 0 radical (unpaired) electrons. The number of aromatic amines is 1. The second-order valence-electron chi connectivity index (χ2n) is 4.06. The number of benzene rings is 1. The van der Waals surface area contributed by atoms with E-state index in [9.17, 15) is 14.7 Å². The molecule has 0 aliphatic carbocycles. The highest BCUT2D eigenvalue weighted by atomic mass is 16.3. The number of pyridine rings is 1. The summed E-state index contributed by atoms with van der Waals surface area (Å²) in [5.74, 6) is -0.394. The van der Waals surface area contributed by atoms with Crippen LogP contribution in [-0.4, -0.2) is 22.6 Å². The van der Waals surface area contributed by atoms with Gasteiger partial charge in [-0.3, -0.25) is 9.59 Å². The first-order chi connectivity index (χ1) is 9.20.